The lowest BCUT2D eigenvalue weighted by molar-refractivity contribution is -0.126. The van der Waals surface area contributed by atoms with Crippen molar-refractivity contribution in [2.45, 2.75) is 45.8 Å². The average molecular weight is 413 g/mol. The van der Waals surface area contributed by atoms with Gasteiger partial charge in [-0.3, -0.25) is 9.69 Å². The van der Waals surface area contributed by atoms with Crippen LogP contribution in [0.3, 0.4) is 0 Å². The average Bonchev–Trinajstić information content (AvgIpc) is 2.74. The number of carbonyl (C=O) groups excluding carboxylic acids is 1. The van der Waals surface area contributed by atoms with Crippen LogP contribution < -0.4 is 11.1 Å². The van der Waals surface area contributed by atoms with Crippen molar-refractivity contribution in [1.82, 2.24) is 4.90 Å². The van der Waals surface area contributed by atoms with Crippen LogP contribution in [0.25, 0.3) is 0 Å². The smallest absolute Gasteiger partial charge is 0.268 e. The van der Waals surface area contributed by atoms with E-state index in [1.165, 1.54) is 38.3 Å². The molecule has 1 amide bonds. The molecule has 6 nitrogen and oxygen atoms in total. The summed E-state index contributed by atoms with van der Waals surface area (Å²) in [6, 6.07) is 12.4. The number of amidine groups is 1. The lowest BCUT2D eigenvalue weighted by Crippen LogP contribution is -2.30. The van der Waals surface area contributed by atoms with Gasteiger partial charge in [-0.2, -0.15) is 0 Å². The van der Waals surface area contributed by atoms with Gasteiger partial charge in [-0.25, -0.2) is 4.39 Å². The van der Waals surface area contributed by atoms with Crippen LogP contribution in [-0.4, -0.2) is 35.8 Å². The number of anilines is 1. The van der Waals surface area contributed by atoms with E-state index in [1.807, 2.05) is 24.3 Å². The van der Waals surface area contributed by atoms with Crippen molar-refractivity contribution in [1.29, 1.82) is 0 Å². The first-order chi connectivity index (χ1) is 14.4. The maximum Gasteiger partial charge on any atom is 0.268 e. The van der Waals surface area contributed by atoms with Crippen molar-refractivity contribution in [2.24, 2.45) is 10.9 Å². The SMILES string of the molecule is Cc1ccc(NC(=O)C(C)O/N=C(/N)c2ccccc2CN2CCCCC2)c(F)c1. The fraction of sp³-hybridized carbons (Fsp3) is 0.391. The Hall–Kier alpha value is -2.93. The zero-order valence-corrected chi connectivity index (χ0v) is 17.5. The molecule has 2 aromatic rings. The van der Waals surface area contributed by atoms with E-state index >= 15 is 0 Å². The van der Waals surface area contributed by atoms with Gasteiger partial charge in [0.15, 0.2) is 5.84 Å². The molecule has 0 saturated carbocycles. The highest BCUT2D eigenvalue weighted by Crippen LogP contribution is 2.17. The van der Waals surface area contributed by atoms with Crippen molar-refractivity contribution in [3.05, 3.63) is 65.0 Å². The Bertz CT molecular complexity index is 910. The number of halogens is 1. The van der Waals surface area contributed by atoms with Crippen molar-refractivity contribution in [2.75, 3.05) is 18.4 Å². The van der Waals surface area contributed by atoms with Crippen LogP contribution in [0.2, 0.25) is 0 Å². The van der Waals surface area contributed by atoms with E-state index in [9.17, 15) is 9.18 Å². The highest BCUT2D eigenvalue weighted by Gasteiger charge is 2.18. The third-order valence-corrected chi connectivity index (χ3v) is 5.20. The summed E-state index contributed by atoms with van der Waals surface area (Å²) < 4.78 is 13.9. The molecule has 30 heavy (non-hydrogen) atoms. The number of nitrogens with two attached hydrogens (primary N) is 1. The van der Waals surface area contributed by atoms with Gasteiger partial charge in [-0.15, -0.1) is 0 Å². The van der Waals surface area contributed by atoms with Gasteiger partial charge in [0.25, 0.3) is 5.91 Å². The van der Waals surface area contributed by atoms with Crippen LogP contribution in [0.1, 0.15) is 42.9 Å². The predicted molar refractivity (Wildman–Crippen MR) is 117 cm³/mol. The lowest BCUT2D eigenvalue weighted by atomic mass is 10.0. The Balaban J connectivity index is 1.63. The first-order valence-corrected chi connectivity index (χ1v) is 10.3. The molecule has 0 spiro atoms. The first kappa shape index (κ1) is 21.8. The lowest BCUT2D eigenvalue weighted by Gasteiger charge is -2.27. The number of aryl methyl sites for hydroxylation is 1. The van der Waals surface area contributed by atoms with E-state index < -0.39 is 17.8 Å². The Kier molecular flexibility index (Phi) is 7.41. The van der Waals surface area contributed by atoms with Gasteiger partial charge >= 0.3 is 0 Å². The van der Waals surface area contributed by atoms with Gasteiger partial charge in [0.1, 0.15) is 5.82 Å². The summed E-state index contributed by atoms with van der Waals surface area (Å²) in [4.78, 5) is 20.0. The molecule has 1 saturated heterocycles. The first-order valence-electron chi connectivity index (χ1n) is 10.3. The van der Waals surface area contributed by atoms with Gasteiger partial charge in [-0.05, 0) is 63.0 Å². The summed E-state index contributed by atoms with van der Waals surface area (Å²) in [6.07, 6.45) is 2.77. The quantitative estimate of drug-likeness (QED) is 0.412. The number of oxime groups is 1. The third kappa shape index (κ3) is 5.79. The van der Waals surface area contributed by atoms with Gasteiger partial charge in [-0.1, -0.05) is 41.9 Å². The van der Waals surface area contributed by atoms with E-state index in [0.717, 1.165) is 36.3 Å². The van der Waals surface area contributed by atoms with Crippen LogP contribution >= 0.6 is 0 Å². The summed E-state index contributed by atoms with van der Waals surface area (Å²) in [5, 5.41) is 6.48. The van der Waals surface area contributed by atoms with E-state index in [4.69, 9.17) is 10.6 Å². The molecule has 1 heterocycles. The highest BCUT2D eigenvalue weighted by atomic mass is 19.1. The number of piperidine rings is 1. The van der Waals surface area contributed by atoms with Crippen LogP contribution in [0.4, 0.5) is 10.1 Å². The second-order valence-corrected chi connectivity index (χ2v) is 7.69. The number of rotatable bonds is 7. The molecule has 1 atom stereocenters. The van der Waals surface area contributed by atoms with Crippen LogP contribution in [0, 0.1) is 12.7 Å². The molecule has 1 unspecified atom stereocenters. The Labute approximate surface area is 176 Å². The molecule has 0 radical (unpaired) electrons. The standard InChI is InChI=1S/C23H29FN4O2/c1-16-10-11-21(20(24)14-16)26-23(29)17(2)30-27-22(25)19-9-5-4-8-18(19)15-28-12-6-3-7-13-28/h4-5,8-11,14,17H,3,6-7,12-13,15H2,1-2H3,(H2,25,27)(H,26,29). The largest absolute Gasteiger partial charge is 0.381 e. The summed E-state index contributed by atoms with van der Waals surface area (Å²) in [5.41, 5.74) is 8.90. The van der Waals surface area contributed by atoms with Gasteiger partial charge in [0.05, 0.1) is 5.69 Å². The Morgan fingerprint density at radius 2 is 1.97 bits per heavy atom. The minimum Gasteiger partial charge on any atom is -0.381 e. The number of hydrogen-bond acceptors (Lipinski definition) is 4. The summed E-state index contributed by atoms with van der Waals surface area (Å²) in [5.74, 6) is -0.787. The molecule has 0 aromatic heterocycles. The van der Waals surface area contributed by atoms with Crippen molar-refractivity contribution in [3.63, 3.8) is 0 Å². The number of nitrogens with zero attached hydrogens (tertiary/aromatic N) is 2. The number of hydrogen-bond donors (Lipinski definition) is 2. The van der Waals surface area contributed by atoms with Gasteiger partial charge in [0, 0.05) is 12.1 Å². The summed E-state index contributed by atoms with van der Waals surface area (Å²) >= 11 is 0. The number of carbonyl (C=O) groups is 1. The Morgan fingerprint density at radius 3 is 2.70 bits per heavy atom. The molecule has 160 valence electrons. The topological polar surface area (TPSA) is 79.9 Å². The van der Waals surface area contributed by atoms with Crippen LogP contribution in [0.15, 0.2) is 47.6 Å². The summed E-state index contributed by atoms with van der Waals surface area (Å²) in [6.45, 7) is 6.28. The maximum atomic E-state index is 13.9. The van der Waals surface area contributed by atoms with Gasteiger partial charge < -0.3 is 15.9 Å². The molecule has 1 aliphatic heterocycles. The van der Waals surface area contributed by atoms with Crippen LogP contribution in [0.5, 0.6) is 0 Å². The molecule has 0 bridgehead atoms. The normalized spacial score (nSPS) is 16.2. The van der Waals surface area contributed by atoms with Gasteiger partial charge in [0.2, 0.25) is 6.10 Å². The highest BCUT2D eigenvalue weighted by molar-refractivity contribution is 5.98. The van der Waals surface area contributed by atoms with Crippen molar-refractivity contribution in [3.8, 4) is 0 Å². The number of benzene rings is 2. The fourth-order valence-electron chi connectivity index (χ4n) is 3.46. The monoisotopic (exact) mass is 412 g/mol. The van der Waals surface area contributed by atoms with Crippen LogP contribution in [-0.2, 0) is 16.2 Å². The fourth-order valence-corrected chi connectivity index (χ4v) is 3.46. The molecule has 3 rings (SSSR count). The number of likely N-dealkylation sites (tertiary alicyclic amines) is 1. The summed E-state index contributed by atoms with van der Waals surface area (Å²) in [7, 11) is 0. The molecule has 3 N–H and O–H groups in total. The second-order valence-electron chi connectivity index (χ2n) is 7.69. The molecule has 2 aromatic carbocycles. The zero-order chi connectivity index (χ0) is 21.5. The number of amides is 1. The maximum absolute atomic E-state index is 13.9. The molecular weight excluding hydrogens is 383 g/mol. The second kappa shape index (κ2) is 10.2. The van der Waals surface area contributed by atoms with E-state index in [1.54, 1.807) is 13.0 Å². The van der Waals surface area contributed by atoms with Crippen molar-refractivity contribution >= 4 is 17.4 Å². The third-order valence-electron chi connectivity index (χ3n) is 5.20. The molecule has 0 aliphatic carbocycles. The predicted octanol–water partition coefficient (Wildman–Crippen LogP) is 3.78. The van der Waals surface area contributed by atoms with E-state index in [2.05, 4.69) is 15.4 Å². The van der Waals surface area contributed by atoms with E-state index in [0.29, 0.717) is 0 Å². The number of nitrogens with one attached hydrogen (secondary N) is 1. The minimum absolute atomic E-state index is 0.102. The zero-order valence-electron chi connectivity index (χ0n) is 17.5. The molecule has 7 heteroatoms. The van der Waals surface area contributed by atoms with E-state index in [-0.39, 0.29) is 11.5 Å². The molecule has 1 fully saturated rings. The minimum atomic E-state index is -0.932. The van der Waals surface area contributed by atoms with Crippen molar-refractivity contribution < 1.29 is 14.0 Å². The Morgan fingerprint density at radius 1 is 1.23 bits per heavy atom. The molecule has 1 aliphatic rings. The molecular formula is C23H29FN4O2.